The van der Waals surface area contributed by atoms with Crippen LogP contribution in [0.2, 0.25) is 0 Å². The van der Waals surface area contributed by atoms with Gasteiger partial charge in [0, 0.05) is 18.0 Å². The summed E-state index contributed by atoms with van der Waals surface area (Å²) in [4.78, 5) is 9.06. The molecule has 2 rings (SSSR count). The Kier molecular flexibility index (Phi) is 9.03. The number of benzene rings is 1. The molecule has 0 saturated heterocycles. The molecule has 2 aromatic rings. The highest BCUT2D eigenvalue weighted by molar-refractivity contribution is 5.55. The number of unbranched alkanes of at least 4 members (excludes halogenated alkanes) is 6. The lowest BCUT2D eigenvalue weighted by Gasteiger charge is -2.06. The van der Waals surface area contributed by atoms with Gasteiger partial charge in [0.15, 0.2) is 5.82 Å². The molecular formula is C22H32N2O. The molecule has 0 spiro atoms. The van der Waals surface area contributed by atoms with Gasteiger partial charge in [-0.1, -0.05) is 52.4 Å². The minimum absolute atomic E-state index is 0.753. The Labute approximate surface area is 152 Å². The first-order chi connectivity index (χ1) is 12.3. The van der Waals surface area contributed by atoms with Gasteiger partial charge in [-0.3, -0.25) is 0 Å². The second-order valence-electron chi connectivity index (χ2n) is 6.66. The Bertz CT molecular complexity index is 578. The van der Waals surface area contributed by atoms with Gasteiger partial charge in [-0.05, 0) is 49.1 Å². The standard InChI is InChI=1S/C22H32N2O/c1-3-5-6-7-8-9-10-11-19-17-23-22(24-18-19)20-12-14-21(15-13-20)25-16-4-2/h12-15,17-18H,3-11,16H2,1-2H3. The second-order valence-corrected chi connectivity index (χ2v) is 6.66. The zero-order valence-corrected chi connectivity index (χ0v) is 15.8. The summed E-state index contributed by atoms with van der Waals surface area (Å²) in [6.07, 6.45) is 15.4. The molecule has 0 aliphatic heterocycles. The lowest BCUT2D eigenvalue weighted by atomic mass is 10.1. The summed E-state index contributed by atoms with van der Waals surface area (Å²) in [6.45, 7) is 5.12. The third kappa shape index (κ3) is 7.25. The highest BCUT2D eigenvalue weighted by Crippen LogP contribution is 2.19. The quantitative estimate of drug-likeness (QED) is 0.430. The molecule has 0 N–H and O–H groups in total. The van der Waals surface area contributed by atoms with Crippen LogP contribution in [0, 0.1) is 0 Å². The number of aromatic nitrogens is 2. The lowest BCUT2D eigenvalue weighted by molar-refractivity contribution is 0.317. The Morgan fingerprint density at radius 2 is 1.40 bits per heavy atom. The minimum atomic E-state index is 0.753. The van der Waals surface area contributed by atoms with Gasteiger partial charge < -0.3 is 4.74 Å². The normalized spacial score (nSPS) is 10.8. The van der Waals surface area contributed by atoms with Crippen LogP contribution in [0.1, 0.15) is 70.8 Å². The van der Waals surface area contributed by atoms with Crippen LogP contribution in [0.3, 0.4) is 0 Å². The summed E-state index contributed by atoms with van der Waals surface area (Å²) >= 11 is 0. The average Bonchev–Trinajstić information content (AvgIpc) is 2.66. The maximum Gasteiger partial charge on any atom is 0.159 e. The number of rotatable bonds is 12. The van der Waals surface area contributed by atoms with Gasteiger partial charge >= 0.3 is 0 Å². The number of ether oxygens (including phenoxy) is 1. The van der Waals surface area contributed by atoms with Gasteiger partial charge in [-0.15, -0.1) is 0 Å². The molecular weight excluding hydrogens is 308 g/mol. The summed E-state index contributed by atoms with van der Waals surface area (Å²) in [5, 5.41) is 0. The molecule has 0 aliphatic carbocycles. The largest absolute Gasteiger partial charge is 0.494 e. The summed E-state index contributed by atoms with van der Waals surface area (Å²) in [7, 11) is 0. The monoisotopic (exact) mass is 340 g/mol. The van der Waals surface area contributed by atoms with E-state index in [1.54, 1.807) is 0 Å². The van der Waals surface area contributed by atoms with Crippen LogP contribution in [-0.4, -0.2) is 16.6 Å². The van der Waals surface area contributed by atoms with Crippen molar-refractivity contribution in [3.63, 3.8) is 0 Å². The highest BCUT2D eigenvalue weighted by atomic mass is 16.5. The van der Waals surface area contributed by atoms with E-state index < -0.39 is 0 Å². The van der Waals surface area contributed by atoms with E-state index in [2.05, 4.69) is 23.8 Å². The number of hydrogen-bond acceptors (Lipinski definition) is 3. The smallest absolute Gasteiger partial charge is 0.159 e. The van der Waals surface area contributed by atoms with E-state index in [4.69, 9.17) is 4.74 Å². The number of nitrogens with zero attached hydrogens (tertiary/aromatic N) is 2. The Hall–Kier alpha value is -1.90. The van der Waals surface area contributed by atoms with Crippen LogP contribution >= 0.6 is 0 Å². The first-order valence-corrected chi connectivity index (χ1v) is 9.87. The minimum Gasteiger partial charge on any atom is -0.494 e. The van der Waals surface area contributed by atoms with Gasteiger partial charge in [0.2, 0.25) is 0 Å². The molecule has 1 aromatic carbocycles. The van der Waals surface area contributed by atoms with Crippen molar-refractivity contribution < 1.29 is 4.74 Å². The van der Waals surface area contributed by atoms with Crippen LogP contribution in [0.15, 0.2) is 36.7 Å². The van der Waals surface area contributed by atoms with Crippen molar-refractivity contribution in [3.05, 3.63) is 42.2 Å². The molecule has 25 heavy (non-hydrogen) atoms. The van der Waals surface area contributed by atoms with Gasteiger partial charge in [-0.25, -0.2) is 9.97 Å². The second kappa shape index (κ2) is 11.6. The maximum atomic E-state index is 5.61. The number of hydrogen-bond donors (Lipinski definition) is 0. The van der Waals surface area contributed by atoms with Crippen LogP contribution in [0.25, 0.3) is 11.4 Å². The Balaban J connectivity index is 1.75. The predicted molar refractivity (Wildman–Crippen MR) is 105 cm³/mol. The molecule has 0 radical (unpaired) electrons. The summed E-state index contributed by atoms with van der Waals surface area (Å²) in [5.74, 6) is 1.69. The fourth-order valence-electron chi connectivity index (χ4n) is 2.84. The average molecular weight is 341 g/mol. The molecule has 1 heterocycles. The molecule has 3 nitrogen and oxygen atoms in total. The van der Waals surface area contributed by atoms with Crippen LogP contribution in [0.4, 0.5) is 0 Å². The molecule has 0 unspecified atom stereocenters. The predicted octanol–water partition coefficient (Wildman–Crippen LogP) is 6.23. The summed E-state index contributed by atoms with van der Waals surface area (Å²) in [5.41, 5.74) is 2.27. The van der Waals surface area contributed by atoms with Crippen molar-refractivity contribution in [3.8, 4) is 17.1 Å². The molecule has 0 saturated carbocycles. The number of aryl methyl sites for hydroxylation is 1. The first-order valence-electron chi connectivity index (χ1n) is 9.87. The molecule has 0 aliphatic rings. The van der Waals surface area contributed by atoms with E-state index in [1.165, 1.54) is 50.5 Å². The molecule has 3 heteroatoms. The van der Waals surface area contributed by atoms with Gasteiger partial charge in [0.05, 0.1) is 6.61 Å². The zero-order valence-electron chi connectivity index (χ0n) is 15.8. The Morgan fingerprint density at radius 1 is 0.760 bits per heavy atom. The summed E-state index contributed by atoms with van der Waals surface area (Å²) < 4.78 is 5.61. The van der Waals surface area contributed by atoms with E-state index in [0.717, 1.165) is 36.6 Å². The van der Waals surface area contributed by atoms with Crippen LogP contribution in [0.5, 0.6) is 5.75 Å². The van der Waals surface area contributed by atoms with E-state index in [-0.39, 0.29) is 0 Å². The zero-order chi connectivity index (χ0) is 17.7. The van der Waals surface area contributed by atoms with Gasteiger partial charge in [-0.2, -0.15) is 0 Å². The fraction of sp³-hybridized carbons (Fsp3) is 0.545. The molecule has 1 aromatic heterocycles. The van der Waals surface area contributed by atoms with Crippen molar-refractivity contribution in [2.45, 2.75) is 71.6 Å². The van der Waals surface area contributed by atoms with Crippen molar-refractivity contribution >= 4 is 0 Å². The van der Waals surface area contributed by atoms with Gasteiger partial charge in [0.25, 0.3) is 0 Å². The van der Waals surface area contributed by atoms with Crippen molar-refractivity contribution in [1.29, 1.82) is 0 Å². The molecule has 0 amide bonds. The summed E-state index contributed by atoms with van der Waals surface area (Å²) in [6, 6.07) is 8.02. The van der Waals surface area contributed by atoms with E-state index in [9.17, 15) is 0 Å². The molecule has 0 bridgehead atoms. The van der Waals surface area contributed by atoms with E-state index in [0.29, 0.717) is 0 Å². The van der Waals surface area contributed by atoms with Crippen molar-refractivity contribution in [2.75, 3.05) is 6.61 Å². The SMILES string of the molecule is CCCCCCCCCc1cnc(-c2ccc(OCCC)cc2)nc1. The maximum absolute atomic E-state index is 5.61. The Morgan fingerprint density at radius 3 is 2.04 bits per heavy atom. The fourth-order valence-corrected chi connectivity index (χ4v) is 2.84. The van der Waals surface area contributed by atoms with Gasteiger partial charge in [0.1, 0.15) is 5.75 Å². The topological polar surface area (TPSA) is 35.0 Å². The van der Waals surface area contributed by atoms with Crippen LogP contribution < -0.4 is 4.74 Å². The molecule has 0 atom stereocenters. The third-order valence-corrected chi connectivity index (χ3v) is 4.36. The third-order valence-electron chi connectivity index (χ3n) is 4.36. The highest BCUT2D eigenvalue weighted by Gasteiger charge is 2.03. The van der Waals surface area contributed by atoms with Crippen molar-refractivity contribution in [2.24, 2.45) is 0 Å². The van der Waals surface area contributed by atoms with E-state index in [1.807, 2.05) is 36.7 Å². The molecule has 0 fully saturated rings. The molecule has 136 valence electrons. The lowest BCUT2D eigenvalue weighted by Crippen LogP contribution is -1.95. The first kappa shape index (κ1) is 19.4. The van der Waals surface area contributed by atoms with Crippen LogP contribution in [-0.2, 0) is 6.42 Å². The van der Waals surface area contributed by atoms with Crippen molar-refractivity contribution in [1.82, 2.24) is 9.97 Å². The van der Waals surface area contributed by atoms with E-state index >= 15 is 0 Å².